The van der Waals surface area contributed by atoms with E-state index in [1.165, 1.54) is 0 Å². The molecule has 1 fully saturated rings. The Kier molecular flexibility index (Phi) is 2.82. The van der Waals surface area contributed by atoms with Gasteiger partial charge in [-0.25, -0.2) is 0 Å². The molecule has 3 heteroatoms. The van der Waals surface area contributed by atoms with Gasteiger partial charge in [-0.15, -0.1) is 0 Å². The smallest absolute Gasteiger partial charge is 0.124 e. The van der Waals surface area contributed by atoms with Gasteiger partial charge in [0.25, 0.3) is 0 Å². The summed E-state index contributed by atoms with van der Waals surface area (Å²) in [6, 6.07) is 4.06. The SMILES string of the molecule is COc1c(C)cc(OC2CNC2)cc1C. The van der Waals surface area contributed by atoms with Crippen molar-refractivity contribution in [3.05, 3.63) is 23.3 Å². The van der Waals surface area contributed by atoms with Crippen molar-refractivity contribution in [2.45, 2.75) is 20.0 Å². The van der Waals surface area contributed by atoms with E-state index in [4.69, 9.17) is 9.47 Å². The summed E-state index contributed by atoms with van der Waals surface area (Å²) in [6.07, 6.45) is 0.331. The summed E-state index contributed by atoms with van der Waals surface area (Å²) in [4.78, 5) is 0. The van der Waals surface area contributed by atoms with Crippen LogP contribution < -0.4 is 14.8 Å². The van der Waals surface area contributed by atoms with Gasteiger partial charge in [0.15, 0.2) is 0 Å². The second-order valence-electron chi connectivity index (χ2n) is 3.99. The summed E-state index contributed by atoms with van der Waals surface area (Å²) in [5.41, 5.74) is 2.25. The molecule has 0 unspecified atom stereocenters. The molecule has 1 aromatic rings. The molecular weight excluding hydrogens is 190 g/mol. The monoisotopic (exact) mass is 207 g/mol. The van der Waals surface area contributed by atoms with Crippen molar-refractivity contribution in [2.24, 2.45) is 0 Å². The van der Waals surface area contributed by atoms with E-state index in [0.29, 0.717) is 6.10 Å². The maximum Gasteiger partial charge on any atom is 0.124 e. The van der Waals surface area contributed by atoms with Crippen LogP contribution in [0.5, 0.6) is 11.5 Å². The van der Waals surface area contributed by atoms with Crippen LogP contribution in [0.2, 0.25) is 0 Å². The van der Waals surface area contributed by atoms with Crippen LogP contribution in [0.3, 0.4) is 0 Å². The molecular formula is C12H17NO2. The predicted molar refractivity (Wildman–Crippen MR) is 59.8 cm³/mol. The van der Waals surface area contributed by atoms with Gasteiger partial charge in [-0.3, -0.25) is 0 Å². The van der Waals surface area contributed by atoms with Gasteiger partial charge in [0.1, 0.15) is 17.6 Å². The van der Waals surface area contributed by atoms with Crippen LogP contribution in [0.25, 0.3) is 0 Å². The largest absolute Gasteiger partial charge is 0.496 e. The summed E-state index contributed by atoms with van der Waals surface area (Å²) >= 11 is 0. The number of nitrogens with one attached hydrogen (secondary N) is 1. The fourth-order valence-corrected chi connectivity index (χ4v) is 1.84. The van der Waals surface area contributed by atoms with Crippen LogP contribution in [-0.4, -0.2) is 26.3 Å². The van der Waals surface area contributed by atoms with E-state index >= 15 is 0 Å². The Bertz CT molecular complexity index is 336. The maximum absolute atomic E-state index is 5.79. The molecule has 1 saturated heterocycles. The molecule has 0 bridgehead atoms. The Labute approximate surface area is 90.4 Å². The van der Waals surface area contributed by atoms with Crippen molar-refractivity contribution < 1.29 is 9.47 Å². The number of methoxy groups -OCH3 is 1. The van der Waals surface area contributed by atoms with Crippen molar-refractivity contribution in [2.75, 3.05) is 20.2 Å². The summed E-state index contributed by atoms with van der Waals surface area (Å²) < 4.78 is 11.1. The van der Waals surface area contributed by atoms with Crippen molar-refractivity contribution in [1.82, 2.24) is 5.32 Å². The van der Waals surface area contributed by atoms with Crippen molar-refractivity contribution in [3.63, 3.8) is 0 Å². The lowest BCUT2D eigenvalue weighted by atomic mass is 10.1. The minimum absolute atomic E-state index is 0.331. The zero-order chi connectivity index (χ0) is 10.8. The quantitative estimate of drug-likeness (QED) is 0.817. The summed E-state index contributed by atoms with van der Waals surface area (Å²) in [5, 5.41) is 3.18. The van der Waals surface area contributed by atoms with Crippen molar-refractivity contribution >= 4 is 0 Å². The van der Waals surface area contributed by atoms with E-state index in [2.05, 4.69) is 5.32 Å². The molecule has 1 N–H and O–H groups in total. The molecule has 0 radical (unpaired) electrons. The van der Waals surface area contributed by atoms with E-state index in [-0.39, 0.29) is 0 Å². The van der Waals surface area contributed by atoms with E-state index in [9.17, 15) is 0 Å². The Hall–Kier alpha value is -1.22. The van der Waals surface area contributed by atoms with Crippen LogP contribution in [0.15, 0.2) is 12.1 Å². The summed E-state index contributed by atoms with van der Waals surface area (Å²) in [5.74, 6) is 1.89. The van der Waals surface area contributed by atoms with Gasteiger partial charge in [0.2, 0.25) is 0 Å². The molecule has 1 aromatic carbocycles. The lowest BCUT2D eigenvalue weighted by Crippen LogP contribution is -2.50. The molecule has 1 aliphatic heterocycles. The van der Waals surface area contributed by atoms with Crippen LogP contribution in [0.4, 0.5) is 0 Å². The lowest BCUT2D eigenvalue weighted by Gasteiger charge is -2.28. The molecule has 0 saturated carbocycles. The third-order valence-corrected chi connectivity index (χ3v) is 2.68. The Balaban J connectivity index is 2.18. The highest BCUT2D eigenvalue weighted by atomic mass is 16.5. The van der Waals surface area contributed by atoms with Crippen molar-refractivity contribution in [3.8, 4) is 11.5 Å². The highest BCUT2D eigenvalue weighted by Crippen LogP contribution is 2.28. The highest BCUT2D eigenvalue weighted by molar-refractivity contribution is 5.45. The van der Waals surface area contributed by atoms with Gasteiger partial charge in [0, 0.05) is 13.1 Å². The molecule has 0 amide bonds. The number of hydrogen-bond acceptors (Lipinski definition) is 3. The number of ether oxygens (including phenoxy) is 2. The second kappa shape index (κ2) is 4.11. The second-order valence-corrected chi connectivity index (χ2v) is 3.99. The molecule has 3 nitrogen and oxygen atoms in total. The average molecular weight is 207 g/mol. The highest BCUT2D eigenvalue weighted by Gasteiger charge is 2.18. The first kappa shape index (κ1) is 10.3. The molecule has 2 rings (SSSR count). The van der Waals surface area contributed by atoms with Gasteiger partial charge in [0.05, 0.1) is 7.11 Å². The molecule has 1 heterocycles. The number of rotatable bonds is 3. The first-order valence-corrected chi connectivity index (χ1v) is 5.23. The Morgan fingerprint density at radius 3 is 2.20 bits per heavy atom. The van der Waals surface area contributed by atoms with Crippen LogP contribution >= 0.6 is 0 Å². The van der Waals surface area contributed by atoms with Crippen molar-refractivity contribution in [1.29, 1.82) is 0 Å². The minimum atomic E-state index is 0.331. The first-order valence-electron chi connectivity index (χ1n) is 5.23. The zero-order valence-electron chi connectivity index (χ0n) is 9.46. The molecule has 15 heavy (non-hydrogen) atoms. The molecule has 0 aliphatic carbocycles. The van der Waals surface area contributed by atoms with E-state index < -0.39 is 0 Å². The third kappa shape index (κ3) is 2.07. The number of aryl methyl sites for hydroxylation is 2. The average Bonchev–Trinajstić information content (AvgIpc) is 2.11. The summed E-state index contributed by atoms with van der Waals surface area (Å²) in [6.45, 7) is 5.98. The molecule has 0 atom stereocenters. The van der Waals surface area contributed by atoms with Gasteiger partial charge in [-0.2, -0.15) is 0 Å². The standard InChI is InChI=1S/C12H17NO2/c1-8-4-10(15-11-6-13-7-11)5-9(2)12(8)14-3/h4-5,11,13H,6-7H2,1-3H3. The molecule has 0 spiro atoms. The predicted octanol–water partition coefficient (Wildman–Crippen LogP) is 1.66. The van der Waals surface area contributed by atoms with Crippen LogP contribution in [0, 0.1) is 13.8 Å². The van der Waals surface area contributed by atoms with E-state index in [1.54, 1.807) is 7.11 Å². The van der Waals surface area contributed by atoms with Gasteiger partial charge in [-0.1, -0.05) is 0 Å². The molecule has 0 aromatic heterocycles. The third-order valence-electron chi connectivity index (χ3n) is 2.68. The number of benzene rings is 1. The lowest BCUT2D eigenvalue weighted by molar-refractivity contribution is 0.142. The fourth-order valence-electron chi connectivity index (χ4n) is 1.84. The van der Waals surface area contributed by atoms with Gasteiger partial charge in [-0.05, 0) is 37.1 Å². The van der Waals surface area contributed by atoms with Crippen LogP contribution in [-0.2, 0) is 0 Å². The topological polar surface area (TPSA) is 30.5 Å². The van der Waals surface area contributed by atoms with E-state index in [0.717, 1.165) is 35.7 Å². The van der Waals surface area contributed by atoms with E-state index in [1.807, 2.05) is 26.0 Å². The molecule has 1 aliphatic rings. The van der Waals surface area contributed by atoms with Gasteiger partial charge < -0.3 is 14.8 Å². The van der Waals surface area contributed by atoms with Crippen LogP contribution in [0.1, 0.15) is 11.1 Å². The minimum Gasteiger partial charge on any atom is -0.496 e. The Morgan fingerprint density at radius 1 is 1.20 bits per heavy atom. The normalized spacial score (nSPS) is 15.9. The van der Waals surface area contributed by atoms with Gasteiger partial charge >= 0.3 is 0 Å². The summed E-state index contributed by atoms with van der Waals surface area (Å²) in [7, 11) is 1.70. The Morgan fingerprint density at radius 2 is 1.80 bits per heavy atom. The fraction of sp³-hybridized carbons (Fsp3) is 0.500. The maximum atomic E-state index is 5.79. The molecule has 82 valence electrons. The zero-order valence-corrected chi connectivity index (χ0v) is 9.46. The first-order chi connectivity index (χ1) is 7.20. The number of hydrogen-bond donors (Lipinski definition) is 1.